The molecule has 3 aliphatic heterocycles. The van der Waals surface area contributed by atoms with Gasteiger partial charge in [0, 0.05) is 45.0 Å². The Labute approximate surface area is 178 Å². The SMILES string of the molecule is CC1CCN(c2ncc(S(C)(=O)=O)c(C3CCN(C(=O)[C@H]4CCOC4)CC3)n2)CC1. The molecule has 0 saturated carbocycles. The van der Waals surface area contributed by atoms with E-state index in [1.165, 1.54) is 12.5 Å². The molecular weight excluding hydrogens is 404 g/mol. The van der Waals surface area contributed by atoms with E-state index in [4.69, 9.17) is 9.72 Å². The van der Waals surface area contributed by atoms with E-state index in [1.54, 1.807) is 0 Å². The lowest BCUT2D eigenvalue weighted by molar-refractivity contribution is -0.136. The van der Waals surface area contributed by atoms with E-state index in [-0.39, 0.29) is 22.6 Å². The molecule has 4 heterocycles. The predicted molar refractivity (Wildman–Crippen MR) is 113 cm³/mol. The van der Waals surface area contributed by atoms with Crippen molar-refractivity contribution in [2.75, 3.05) is 50.5 Å². The van der Waals surface area contributed by atoms with Crippen molar-refractivity contribution in [2.45, 2.75) is 49.8 Å². The number of anilines is 1. The third-order valence-electron chi connectivity index (χ3n) is 6.71. The van der Waals surface area contributed by atoms with Crippen molar-refractivity contribution in [3.8, 4) is 0 Å². The lowest BCUT2D eigenvalue weighted by Gasteiger charge is -2.34. The Morgan fingerprint density at radius 2 is 1.80 bits per heavy atom. The van der Waals surface area contributed by atoms with Gasteiger partial charge in [-0.05, 0) is 38.0 Å². The maximum absolute atomic E-state index is 12.7. The predicted octanol–water partition coefficient (Wildman–Crippen LogP) is 1.86. The molecule has 3 aliphatic rings. The van der Waals surface area contributed by atoms with E-state index < -0.39 is 9.84 Å². The first-order valence-corrected chi connectivity index (χ1v) is 12.9. The maximum Gasteiger partial charge on any atom is 0.228 e. The number of aromatic nitrogens is 2. The van der Waals surface area contributed by atoms with Crippen LogP contribution in [0.2, 0.25) is 0 Å². The number of hydrogen-bond donors (Lipinski definition) is 0. The highest BCUT2D eigenvalue weighted by atomic mass is 32.2. The van der Waals surface area contributed by atoms with Crippen LogP contribution in [0.1, 0.15) is 50.6 Å². The lowest BCUT2D eigenvalue weighted by Crippen LogP contribution is -2.42. The zero-order valence-corrected chi connectivity index (χ0v) is 18.7. The molecule has 3 saturated heterocycles. The van der Waals surface area contributed by atoms with Gasteiger partial charge in [-0.1, -0.05) is 6.92 Å². The average Bonchev–Trinajstić information content (AvgIpc) is 3.28. The minimum atomic E-state index is -3.42. The molecule has 4 rings (SSSR count). The van der Waals surface area contributed by atoms with E-state index >= 15 is 0 Å². The molecule has 9 heteroatoms. The van der Waals surface area contributed by atoms with Crippen LogP contribution in [-0.4, -0.2) is 74.8 Å². The highest BCUT2D eigenvalue weighted by Gasteiger charge is 2.33. The lowest BCUT2D eigenvalue weighted by atomic mass is 9.92. The molecule has 0 unspecified atom stereocenters. The quantitative estimate of drug-likeness (QED) is 0.711. The Balaban J connectivity index is 1.52. The van der Waals surface area contributed by atoms with Gasteiger partial charge in [0.05, 0.1) is 24.4 Å². The fourth-order valence-corrected chi connectivity index (χ4v) is 5.51. The fourth-order valence-electron chi connectivity index (χ4n) is 4.67. The number of likely N-dealkylation sites (tertiary alicyclic amines) is 1. The number of sulfone groups is 1. The number of ether oxygens (including phenoxy) is 1. The molecule has 1 aromatic rings. The standard InChI is InChI=1S/C21H32N4O4S/c1-15-3-8-25(9-4-15)21-22-13-18(30(2,27)28)19(23-21)16-5-10-24(11-6-16)20(26)17-7-12-29-14-17/h13,15-17H,3-12,14H2,1-2H3/t17-/m0/s1. The number of carbonyl (C=O) groups is 1. The molecule has 3 fully saturated rings. The van der Waals surface area contributed by atoms with Gasteiger partial charge in [0.2, 0.25) is 11.9 Å². The average molecular weight is 437 g/mol. The van der Waals surface area contributed by atoms with Crippen molar-refractivity contribution in [3.05, 3.63) is 11.9 Å². The summed E-state index contributed by atoms with van der Waals surface area (Å²) in [5, 5.41) is 0. The highest BCUT2D eigenvalue weighted by molar-refractivity contribution is 7.90. The highest BCUT2D eigenvalue weighted by Crippen LogP contribution is 2.33. The second-order valence-electron chi connectivity index (χ2n) is 9.02. The van der Waals surface area contributed by atoms with Crippen molar-refractivity contribution >= 4 is 21.7 Å². The fraction of sp³-hybridized carbons (Fsp3) is 0.762. The number of hydrogen-bond acceptors (Lipinski definition) is 7. The van der Waals surface area contributed by atoms with Gasteiger partial charge < -0.3 is 14.5 Å². The molecule has 0 aromatic carbocycles. The van der Waals surface area contributed by atoms with E-state index in [0.717, 1.165) is 45.2 Å². The summed E-state index contributed by atoms with van der Waals surface area (Å²) >= 11 is 0. The van der Waals surface area contributed by atoms with Crippen LogP contribution in [0.3, 0.4) is 0 Å². The number of piperidine rings is 2. The van der Waals surface area contributed by atoms with Gasteiger partial charge >= 0.3 is 0 Å². The first-order chi connectivity index (χ1) is 14.3. The molecule has 1 atom stereocenters. The summed E-state index contributed by atoms with van der Waals surface area (Å²) in [5.41, 5.74) is 0.623. The number of rotatable bonds is 4. The summed E-state index contributed by atoms with van der Waals surface area (Å²) < 4.78 is 30.2. The summed E-state index contributed by atoms with van der Waals surface area (Å²) in [6.45, 7) is 6.48. The molecule has 0 N–H and O–H groups in total. The topological polar surface area (TPSA) is 92.7 Å². The Morgan fingerprint density at radius 3 is 2.40 bits per heavy atom. The molecule has 0 bridgehead atoms. The molecule has 1 aromatic heterocycles. The van der Waals surface area contributed by atoms with E-state index in [1.807, 2.05) is 4.90 Å². The zero-order valence-electron chi connectivity index (χ0n) is 17.9. The van der Waals surface area contributed by atoms with Crippen molar-refractivity contribution in [1.82, 2.24) is 14.9 Å². The summed E-state index contributed by atoms with van der Waals surface area (Å²) in [7, 11) is -3.42. The Hall–Kier alpha value is -1.74. The molecule has 30 heavy (non-hydrogen) atoms. The third kappa shape index (κ3) is 4.61. The summed E-state index contributed by atoms with van der Waals surface area (Å²) in [6.07, 6.45) is 7.12. The maximum atomic E-state index is 12.7. The van der Waals surface area contributed by atoms with Crippen LogP contribution < -0.4 is 4.90 Å². The van der Waals surface area contributed by atoms with Crippen LogP contribution in [0.15, 0.2) is 11.1 Å². The summed E-state index contributed by atoms with van der Waals surface area (Å²) in [5.74, 6) is 1.48. The molecule has 0 spiro atoms. The van der Waals surface area contributed by atoms with Gasteiger partial charge in [-0.25, -0.2) is 18.4 Å². The molecule has 1 amide bonds. The van der Waals surface area contributed by atoms with Crippen LogP contribution in [0.25, 0.3) is 0 Å². The van der Waals surface area contributed by atoms with Crippen molar-refractivity contribution in [2.24, 2.45) is 11.8 Å². The molecule has 8 nitrogen and oxygen atoms in total. The van der Waals surface area contributed by atoms with Gasteiger partial charge in [0.1, 0.15) is 4.90 Å². The monoisotopic (exact) mass is 436 g/mol. The molecule has 0 radical (unpaired) electrons. The van der Waals surface area contributed by atoms with Gasteiger partial charge in [0.25, 0.3) is 0 Å². The summed E-state index contributed by atoms with van der Waals surface area (Å²) in [6, 6.07) is 0. The van der Waals surface area contributed by atoms with Gasteiger partial charge in [-0.15, -0.1) is 0 Å². The normalized spacial score (nSPS) is 24.4. The first kappa shape index (κ1) is 21.5. The number of carbonyl (C=O) groups excluding carboxylic acids is 1. The van der Waals surface area contributed by atoms with E-state index in [2.05, 4.69) is 16.8 Å². The van der Waals surface area contributed by atoms with Crippen molar-refractivity contribution in [1.29, 1.82) is 0 Å². The van der Waals surface area contributed by atoms with Crippen molar-refractivity contribution in [3.63, 3.8) is 0 Å². The first-order valence-electron chi connectivity index (χ1n) is 11.0. The Morgan fingerprint density at radius 1 is 1.10 bits per heavy atom. The molecular formula is C21H32N4O4S. The smallest absolute Gasteiger partial charge is 0.228 e. The van der Waals surface area contributed by atoms with Crippen LogP contribution in [0.4, 0.5) is 5.95 Å². The van der Waals surface area contributed by atoms with E-state index in [0.29, 0.717) is 43.9 Å². The Kier molecular flexibility index (Phi) is 6.29. The third-order valence-corrected chi connectivity index (χ3v) is 7.82. The zero-order chi connectivity index (χ0) is 21.3. The largest absolute Gasteiger partial charge is 0.381 e. The molecule has 166 valence electrons. The second kappa shape index (κ2) is 8.78. The van der Waals surface area contributed by atoms with Gasteiger partial charge in [0.15, 0.2) is 9.84 Å². The number of amides is 1. The van der Waals surface area contributed by atoms with E-state index in [9.17, 15) is 13.2 Å². The van der Waals surface area contributed by atoms with Crippen LogP contribution in [0, 0.1) is 11.8 Å². The number of nitrogens with zero attached hydrogens (tertiary/aromatic N) is 4. The van der Waals surface area contributed by atoms with Gasteiger partial charge in [-0.3, -0.25) is 4.79 Å². The minimum Gasteiger partial charge on any atom is -0.381 e. The Bertz CT molecular complexity index is 869. The minimum absolute atomic E-state index is 0.0177. The second-order valence-corrected chi connectivity index (χ2v) is 11.0. The van der Waals surface area contributed by atoms with Crippen LogP contribution in [0.5, 0.6) is 0 Å². The van der Waals surface area contributed by atoms with Crippen molar-refractivity contribution < 1.29 is 17.9 Å². The van der Waals surface area contributed by atoms with Crippen LogP contribution >= 0.6 is 0 Å². The molecule has 0 aliphatic carbocycles. The van der Waals surface area contributed by atoms with Gasteiger partial charge in [-0.2, -0.15) is 0 Å². The summed E-state index contributed by atoms with van der Waals surface area (Å²) in [4.78, 5) is 26.1. The van der Waals surface area contributed by atoms with Crippen LogP contribution in [-0.2, 0) is 19.4 Å².